The molecule has 0 unspecified atom stereocenters. The molecular formula is C13H12N4O. The van der Waals surface area contributed by atoms with E-state index in [0.29, 0.717) is 11.7 Å². The third-order valence-electron chi connectivity index (χ3n) is 3.18. The molecule has 2 heterocycles. The number of benzene rings is 1. The molecule has 3 rings (SSSR count). The molecule has 0 radical (unpaired) electrons. The summed E-state index contributed by atoms with van der Waals surface area (Å²) in [5, 5.41) is 12.8. The summed E-state index contributed by atoms with van der Waals surface area (Å²) >= 11 is 0. The minimum atomic E-state index is -0.0401. The maximum Gasteiger partial charge on any atom is 0.250 e. The Hall–Kier alpha value is -2.35. The van der Waals surface area contributed by atoms with Crippen LogP contribution in [0.15, 0.2) is 28.8 Å². The van der Waals surface area contributed by atoms with Gasteiger partial charge in [-0.05, 0) is 13.3 Å². The first-order valence-electron chi connectivity index (χ1n) is 5.85. The largest absolute Gasteiger partial charge is 0.337 e. The van der Waals surface area contributed by atoms with Crippen molar-refractivity contribution in [2.45, 2.75) is 19.4 Å². The van der Waals surface area contributed by atoms with Gasteiger partial charge in [0.2, 0.25) is 5.82 Å². The van der Waals surface area contributed by atoms with Crippen LogP contribution in [0.2, 0.25) is 0 Å². The van der Waals surface area contributed by atoms with Gasteiger partial charge in [0, 0.05) is 12.1 Å². The fraction of sp³-hybridized carbons (Fsp3) is 0.308. The second kappa shape index (κ2) is 4.15. The molecule has 5 nitrogen and oxygen atoms in total. The molecular weight excluding hydrogens is 228 g/mol. The van der Waals surface area contributed by atoms with Gasteiger partial charge < -0.3 is 4.52 Å². The van der Waals surface area contributed by atoms with Gasteiger partial charge >= 0.3 is 0 Å². The average Bonchev–Trinajstić information content (AvgIpc) is 2.78. The van der Waals surface area contributed by atoms with E-state index in [9.17, 15) is 0 Å². The first kappa shape index (κ1) is 10.8. The fourth-order valence-electron chi connectivity index (χ4n) is 1.95. The van der Waals surface area contributed by atoms with E-state index in [0.717, 1.165) is 18.5 Å². The van der Waals surface area contributed by atoms with Crippen molar-refractivity contribution in [3.05, 3.63) is 35.7 Å². The number of nitriles is 1. The van der Waals surface area contributed by atoms with E-state index in [1.54, 1.807) is 4.90 Å². The molecule has 18 heavy (non-hydrogen) atoms. The fourth-order valence-corrected chi connectivity index (χ4v) is 1.95. The summed E-state index contributed by atoms with van der Waals surface area (Å²) in [4.78, 5) is 6.01. The van der Waals surface area contributed by atoms with Crippen LogP contribution in [-0.2, 0) is 0 Å². The van der Waals surface area contributed by atoms with Crippen molar-refractivity contribution in [3.63, 3.8) is 0 Å². The molecule has 1 saturated heterocycles. The van der Waals surface area contributed by atoms with E-state index >= 15 is 0 Å². The molecule has 1 aliphatic rings. The highest BCUT2D eigenvalue weighted by atomic mass is 16.5. The molecule has 0 amide bonds. The van der Waals surface area contributed by atoms with E-state index in [2.05, 4.69) is 16.3 Å². The Labute approximate surface area is 105 Å². The average molecular weight is 240 g/mol. The van der Waals surface area contributed by atoms with Crippen LogP contribution >= 0.6 is 0 Å². The Balaban J connectivity index is 1.86. The van der Waals surface area contributed by atoms with Crippen molar-refractivity contribution in [1.82, 2.24) is 15.0 Å². The van der Waals surface area contributed by atoms with E-state index in [-0.39, 0.29) is 6.04 Å². The van der Waals surface area contributed by atoms with Gasteiger partial charge in [-0.1, -0.05) is 35.0 Å². The van der Waals surface area contributed by atoms with Gasteiger partial charge in [0.1, 0.15) is 6.04 Å². The van der Waals surface area contributed by atoms with Gasteiger partial charge in [0.15, 0.2) is 6.19 Å². The van der Waals surface area contributed by atoms with E-state index in [1.165, 1.54) is 5.56 Å². The quantitative estimate of drug-likeness (QED) is 0.753. The second-order valence-electron chi connectivity index (χ2n) is 4.42. The molecule has 1 fully saturated rings. The zero-order valence-corrected chi connectivity index (χ0v) is 10.00. The van der Waals surface area contributed by atoms with E-state index < -0.39 is 0 Å². The van der Waals surface area contributed by atoms with Crippen molar-refractivity contribution in [2.75, 3.05) is 6.54 Å². The molecule has 0 N–H and O–H groups in total. The smallest absolute Gasteiger partial charge is 0.250 e. The van der Waals surface area contributed by atoms with Gasteiger partial charge in [0.25, 0.3) is 5.89 Å². The molecule has 0 spiro atoms. The number of aromatic nitrogens is 2. The Morgan fingerprint density at radius 1 is 1.39 bits per heavy atom. The minimum absolute atomic E-state index is 0.0401. The lowest BCUT2D eigenvalue weighted by atomic mass is 10.0. The van der Waals surface area contributed by atoms with Crippen LogP contribution < -0.4 is 0 Å². The first-order valence-corrected chi connectivity index (χ1v) is 5.85. The van der Waals surface area contributed by atoms with Gasteiger partial charge in [-0.3, -0.25) is 4.90 Å². The van der Waals surface area contributed by atoms with Gasteiger partial charge in [-0.25, -0.2) is 0 Å². The highest BCUT2D eigenvalue weighted by Gasteiger charge is 2.33. The van der Waals surface area contributed by atoms with Crippen LogP contribution in [-0.4, -0.2) is 21.6 Å². The monoisotopic (exact) mass is 240 g/mol. The number of aryl methyl sites for hydroxylation is 1. The standard InChI is InChI=1S/C13H12N4O/c1-9-2-4-10(5-3-9)12-15-13(18-16-12)11-6-7-17(11)8-14/h2-5,11H,6-7H2,1H3/t11-/m0/s1. The third kappa shape index (κ3) is 1.72. The first-order chi connectivity index (χ1) is 8.78. The van der Waals surface area contributed by atoms with Crippen LogP contribution in [0.4, 0.5) is 0 Å². The lowest BCUT2D eigenvalue weighted by Crippen LogP contribution is -2.37. The summed E-state index contributed by atoms with van der Waals surface area (Å²) < 4.78 is 5.23. The third-order valence-corrected chi connectivity index (χ3v) is 3.18. The van der Waals surface area contributed by atoms with Crippen LogP contribution in [0.1, 0.15) is 23.9 Å². The van der Waals surface area contributed by atoms with Gasteiger partial charge in [-0.2, -0.15) is 10.2 Å². The molecule has 1 aliphatic heterocycles. The van der Waals surface area contributed by atoms with Gasteiger partial charge in [-0.15, -0.1) is 0 Å². The molecule has 0 aliphatic carbocycles. The predicted octanol–water partition coefficient (Wildman–Crippen LogP) is 2.27. The van der Waals surface area contributed by atoms with Crippen molar-refractivity contribution in [3.8, 4) is 17.6 Å². The molecule has 1 atom stereocenters. The molecule has 0 saturated carbocycles. The Morgan fingerprint density at radius 3 is 2.78 bits per heavy atom. The van der Waals surface area contributed by atoms with Gasteiger partial charge in [0.05, 0.1) is 0 Å². The Morgan fingerprint density at radius 2 is 2.17 bits per heavy atom. The molecule has 1 aromatic carbocycles. The van der Waals surface area contributed by atoms with Crippen LogP contribution in [0.5, 0.6) is 0 Å². The summed E-state index contributed by atoms with van der Waals surface area (Å²) in [6.45, 7) is 2.80. The molecule has 5 heteroatoms. The van der Waals surface area contributed by atoms with Crippen molar-refractivity contribution >= 4 is 0 Å². The zero-order chi connectivity index (χ0) is 12.5. The van der Waals surface area contributed by atoms with Crippen LogP contribution in [0.3, 0.4) is 0 Å². The number of hydrogen-bond donors (Lipinski definition) is 0. The number of likely N-dealkylation sites (tertiary alicyclic amines) is 1. The van der Waals surface area contributed by atoms with Crippen LogP contribution in [0.25, 0.3) is 11.4 Å². The maximum atomic E-state index is 8.86. The van der Waals surface area contributed by atoms with Crippen LogP contribution in [0, 0.1) is 18.4 Å². The molecule has 1 aromatic heterocycles. The van der Waals surface area contributed by atoms with E-state index in [1.807, 2.05) is 31.2 Å². The number of rotatable bonds is 2. The zero-order valence-electron chi connectivity index (χ0n) is 10.00. The Kier molecular flexibility index (Phi) is 2.49. The normalized spacial score (nSPS) is 18.2. The lowest BCUT2D eigenvalue weighted by molar-refractivity contribution is 0.129. The maximum absolute atomic E-state index is 8.86. The summed E-state index contributed by atoms with van der Waals surface area (Å²) in [7, 11) is 0. The second-order valence-corrected chi connectivity index (χ2v) is 4.42. The number of hydrogen-bond acceptors (Lipinski definition) is 5. The molecule has 0 bridgehead atoms. The highest BCUT2D eigenvalue weighted by molar-refractivity contribution is 5.54. The lowest BCUT2D eigenvalue weighted by Gasteiger charge is -2.33. The van der Waals surface area contributed by atoms with Crippen molar-refractivity contribution in [2.24, 2.45) is 0 Å². The van der Waals surface area contributed by atoms with E-state index in [4.69, 9.17) is 9.78 Å². The van der Waals surface area contributed by atoms with Crippen molar-refractivity contribution in [1.29, 1.82) is 5.26 Å². The SMILES string of the molecule is Cc1ccc(-c2noc([C@@H]3CCN3C#N)n2)cc1. The van der Waals surface area contributed by atoms with Crippen molar-refractivity contribution < 1.29 is 4.52 Å². The molecule has 2 aromatic rings. The Bertz CT molecular complexity index is 596. The summed E-state index contributed by atoms with van der Waals surface area (Å²) in [5.74, 6) is 1.10. The summed E-state index contributed by atoms with van der Waals surface area (Å²) in [6, 6.07) is 7.91. The predicted molar refractivity (Wildman–Crippen MR) is 64.1 cm³/mol. The number of nitrogens with zero attached hydrogens (tertiary/aromatic N) is 4. The topological polar surface area (TPSA) is 66.0 Å². The minimum Gasteiger partial charge on any atom is -0.337 e. The summed E-state index contributed by atoms with van der Waals surface area (Å²) in [6.07, 6.45) is 3.00. The highest BCUT2D eigenvalue weighted by Crippen LogP contribution is 2.32. The summed E-state index contributed by atoms with van der Waals surface area (Å²) in [5.41, 5.74) is 2.12. The molecule has 90 valence electrons.